The van der Waals surface area contributed by atoms with Crippen LogP contribution >= 0.6 is 0 Å². The SMILES string of the molecule is CCOC(=O)CNCCc1ccncc1. The molecule has 0 aliphatic carbocycles. The minimum atomic E-state index is -0.202. The Morgan fingerprint density at radius 1 is 1.47 bits per heavy atom. The first kappa shape index (κ1) is 11.7. The quantitative estimate of drug-likeness (QED) is 0.554. The predicted octanol–water partition coefficient (Wildman–Crippen LogP) is 0.777. The molecule has 0 atom stereocenters. The molecule has 1 aromatic heterocycles. The van der Waals surface area contributed by atoms with E-state index in [0.717, 1.165) is 13.0 Å². The normalized spacial score (nSPS) is 9.93. The maximum Gasteiger partial charge on any atom is 0.319 e. The van der Waals surface area contributed by atoms with Crippen molar-refractivity contribution in [1.82, 2.24) is 10.3 Å². The highest BCUT2D eigenvalue weighted by molar-refractivity contribution is 5.71. The molecule has 15 heavy (non-hydrogen) atoms. The fourth-order valence-corrected chi connectivity index (χ4v) is 1.18. The Kier molecular flexibility index (Phi) is 5.40. The topological polar surface area (TPSA) is 51.2 Å². The smallest absolute Gasteiger partial charge is 0.319 e. The summed E-state index contributed by atoms with van der Waals surface area (Å²) < 4.78 is 4.78. The van der Waals surface area contributed by atoms with Gasteiger partial charge >= 0.3 is 5.97 Å². The second kappa shape index (κ2) is 6.95. The zero-order chi connectivity index (χ0) is 10.9. The van der Waals surface area contributed by atoms with Crippen LogP contribution in [0.5, 0.6) is 0 Å². The molecular formula is C11H16N2O2. The van der Waals surface area contributed by atoms with Crippen molar-refractivity contribution in [3.05, 3.63) is 30.1 Å². The number of ether oxygens (including phenoxy) is 1. The van der Waals surface area contributed by atoms with Gasteiger partial charge in [0.05, 0.1) is 13.2 Å². The van der Waals surface area contributed by atoms with Crippen LogP contribution in [0.3, 0.4) is 0 Å². The summed E-state index contributed by atoms with van der Waals surface area (Å²) in [6, 6.07) is 3.93. The van der Waals surface area contributed by atoms with Crippen molar-refractivity contribution in [1.29, 1.82) is 0 Å². The summed E-state index contributed by atoms with van der Waals surface area (Å²) >= 11 is 0. The zero-order valence-corrected chi connectivity index (χ0v) is 8.90. The highest BCUT2D eigenvalue weighted by Gasteiger charge is 1.99. The molecule has 1 aromatic rings. The van der Waals surface area contributed by atoms with Crippen molar-refractivity contribution >= 4 is 5.97 Å². The Hall–Kier alpha value is -1.42. The van der Waals surface area contributed by atoms with Gasteiger partial charge in [0.2, 0.25) is 0 Å². The Bertz CT molecular complexity index is 288. The van der Waals surface area contributed by atoms with E-state index in [4.69, 9.17) is 4.74 Å². The molecule has 0 spiro atoms. The third-order valence-corrected chi connectivity index (χ3v) is 1.91. The molecule has 0 bridgehead atoms. The van der Waals surface area contributed by atoms with Gasteiger partial charge in [0.15, 0.2) is 0 Å². The van der Waals surface area contributed by atoms with Gasteiger partial charge in [0.25, 0.3) is 0 Å². The second-order valence-corrected chi connectivity index (χ2v) is 3.09. The van der Waals surface area contributed by atoms with Crippen LogP contribution in [0.2, 0.25) is 0 Å². The van der Waals surface area contributed by atoms with Gasteiger partial charge in [-0.25, -0.2) is 0 Å². The number of hydrogen-bond acceptors (Lipinski definition) is 4. The van der Waals surface area contributed by atoms with E-state index in [1.54, 1.807) is 19.3 Å². The van der Waals surface area contributed by atoms with E-state index in [0.29, 0.717) is 6.61 Å². The molecule has 0 saturated heterocycles. The molecule has 1 rings (SSSR count). The molecule has 0 fully saturated rings. The molecule has 1 heterocycles. The Balaban J connectivity index is 2.10. The van der Waals surface area contributed by atoms with Crippen molar-refractivity contribution in [2.45, 2.75) is 13.3 Å². The van der Waals surface area contributed by atoms with Crippen LogP contribution in [0.15, 0.2) is 24.5 Å². The van der Waals surface area contributed by atoms with Crippen molar-refractivity contribution in [2.75, 3.05) is 19.7 Å². The van der Waals surface area contributed by atoms with Gasteiger partial charge in [-0.1, -0.05) is 0 Å². The second-order valence-electron chi connectivity index (χ2n) is 3.09. The summed E-state index contributed by atoms with van der Waals surface area (Å²) in [7, 11) is 0. The Morgan fingerprint density at radius 3 is 2.87 bits per heavy atom. The molecular weight excluding hydrogens is 192 g/mol. The highest BCUT2D eigenvalue weighted by atomic mass is 16.5. The average molecular weight is 208 g/mol. The molecule has 4 nitrogen and oxygen atoms in total. The molecule has 4 heteroatoms. The van der Waals surface area contributed by atoms with Crippen LogP contribution in [-0.2, 0) is 16.0 Å². The number of esters is 1. The zero-order valence-electron chi connectivity index (χ0n) is 8.90. The average Bonchev–Trinajstić information content (AvgIpc) is 2.26. The largest absolute Gasteiger partial charge is 0.465 e. The van der Waals surface area contributed by atoms with Gasteiger partial charge < -0.3 is 10.1 Å². The highest BCUT2D eigenvalue weighted by Crippen LogP contribution is 1.95. The lowest BCUT2D eigenvalue weighted by Gasteiger charge is -2.04. The molecule has 0 aliphatic heterocycles. The van der Waals surface area contributed by atoms with Crippen LogP contribution in [0, 0.1) is 0 Å². The number of pyridine rings is 1. The Morgan fingerprint density at radius 2 is 2.20 bits per heavy atom. The van der Waals surface area contributed by atoms with Crippen LogP contribution in [0.4, 0.5) is 0 Å². The van der Waals surface area contributed by atoms with Crippen LogP contribution in [-0.4, -0.2) is 30.6 Å². The van der Waals surface area contributed by atoms with E-state index >= 15 is 0 Å². The van der Waals surface area contributed by atoms with Gasteiger partial charge in [-0.15, -0.1) is 0 Å². The molecule has 1 N–H and O–H groups in total. The maximum absolute atomic E-state index is 11.0. The molecule has 82 valence electrons. The first-order valence-corrected chi connectivity index (χ1v) is 5.08. The van der Waals surface area contributed by atoms with E-state index in [1.165, 1.54) is 5.56 Å². The number of carbonyl (C=O) groups is 1. The first-order valence-electron chi connectivity index (χ1n) is 5.08. The van der Waals surface area contributed by atoms with Crippen molar-refractivity contribution < 1.29 is 9.53 Å². The molecule has 0 aliphatic rings. The summed E-state index contributed by atoms with van der Waals surface area (Å²) in [5, 5.41) is 3.02. The van der Waals surface area contributed by atoms with E-state index in [2.05, 4.69) is 10.3 Å². The van der Waals surface area contributed by atoms with E-state index in [1.807, 2.05) is 12.1 Å². The predicted molar refractivity (Wildman–Crippen MR) is 57.4 cm³/mol. The Labute approximate surface area is 89.7 Å². The standard InChI is InChI=1S/C11H16N2O2/c1-2-15-11(14)9-13-8-5-10-3-6-12-7-4-10/h3-4,6-7,13H,2,5,8-9H2,1H3. The monoisotopic (exact) mass is 208 g/mol. The fourth-order valence-electron chi connectivity index (χ4n) is 1.18. The lowest BCUT2D eigenvalue weighted by molar-refractivity contribution is -0.141. The third-order valence-electron chi connectivity index (χ3n) is 1.91. The van der Waals surface area contributed by atoms with Gasteiger partial charge in [0.1, 0.15) is 0 Å². The van der Waals surface area contributed by atoms with Gasteiger partial charge in [0, 0.05) is 12.4 Å². The molecule has 0 saturated carbocycles. The number of carbonyl (C=O) groups excluding carboxylic acids is 1. The maximum atomic E-state index is 11.0. The number of hydrogen-bond donors (Lipinski definition) is 1. The minimum absolute atomic E-state index is 0.202. The summed E-state index contributed by atoms with van der Waals surface area (Å²) in [6.45, 7) is 3.28. The summed E-state index contributed by atoms with van der Waals surface area (Å²) in [5.74, 6) is -0.202. The minimum Gasteiger partial charge on any atom is -0.465 e. The first-order chi connectivity index (χ1) is 7.33. The summed E-state index contributed by atoms with van der Waals surface area (Å²) in [5.41, 5.74) is 1.21. The van der Waals surface area contributed by atoms with E-state index in [-0.39, 0.29) is 12.5 Å². The van der Waals surface area contributed by atoms with Crippen LogP contribution < -0.4 is 5.32 Å². The molecule has 0 unspecified atom stereocenters. The lowest BCUT2D eigenvalue weighted by atomic mass is 10.2. The van der Waals surface area contributed by atoms with Crippen LogP contribution in [0.25, 0.3) is 0 Å². The fraction of sp³-hybridized carbons (Fsp3) is 0.455. The number of nitrogens with zero attached hydrogens (tertiary/aromatic N) is 1. The molecule has 0 amide bonds. The molecule has 0 radical (unpaired) electrons. The van der Waals surface area contributed by atoms with Gasteiger partial charge in [-0.3, -0.25) is 9.78 Å². The van der Waals surface area contributed by atoms with Crippen LogP contribution in [0.1, 0.15) is 12.5 Å². The van der Waals surface area contributed by atoms with Crippen molar-refractivity contribution in [2.24, 2.45) is 0 Å². The summed E-state index contributed by atoms with van der Waals surface area (Å²) in [6.07, 6.45) is 4.42. The summed E-state index contributed by atoms with van der Waals surface area (Å²) in [4.78, 5) is 14.9. The van der Waals surface area contributed by atoms with E-state index in [9.17, 15) is 4.79 Å². The van der Waals surface area contributed by atoms with Gasteiger partial charge in [-0.2, -0.15) is 0 Å². The van der Waals surface area contributed by atoms with Gasteiger partial charge in [-0.05, 0) is 37.6 Å². The van der Waals surface area contributed by atoms with Crippen molar-refractivity contribution in [3.8, 4) is 0 Å². The van der Waals surface area contributed by atoms with E-state index < -0.39 is 0 Å². The number of nitrogens with one attached hydrogen (secondary N) is 1. The molecule has 0 aromatic carbocycles. The number of rotatable bonds is 6. The third kappa shape index (κ3) is 5.12. The van der Waals surface area contributed by atoms with Crippen molar-refractivity contribution in [3.63, 3.8) is 0 Å². The lowest BCUT2D eigenvalue weighted by Crippen LogP contribution is -2.26. The number of aromatic nitrogens is 1.